The molecule has 110 valence electrons. The van der Waals surface area contributed by atoms with Gasteiger partial charge in [-0.15, -0.1) is 0 Å². The van der Waals surface area contributed by atoms with Crippen LogP contribution >= 0.6 is 11.8 Å². The van der Waals surface area contributed by atoms with E-state index in [1.54, 1.807) is 0 Å². The van der Waals surface area contributed by atoms with Crippen molar-refractivity contribution < 1.29 is 9.47 Å². The highest BCUT2D eigenvalue weighted by Gasteiger charge is 2.17. The second-order valence-corrected chi connectivity index (χ2v) is 6.77. The molecule has 1 saturated heterocycles. The Morgan fingerprint density at radius 1 is 1.30 bits per heavy atom. The topological polar surface area (TPSA) is 30.5 Å². The Morgan fingerprint density at radius 3 is 2.95 bits per heavy atom. The molecule has 0 amide bonds. The molecule has 0 saturated carbocycles. The largest absolute Gasteiger partial charge is 0.490 e. The number of benzene rings is 1. The maximum absolute atomic E-state index is 5.76. The first-order valence-electron chi connectivity index (χ1n) is 7.53. The molecule has 20 heavy (non-hydrogen) atoms. The lowest BCUT2D eigenvalue weighted by atomic mass is 10.1. The van der Waals surface area contributed by atoms with Crippen molar-refractivity contribution in [3.63, 3.8) is 0 Å². The first kappa shape index (κ1) is 14.1. The van der Waals surface area contributed by atoms with Crippen LogP contribution in [0.2, 0.25) is 0 Å². The summed E-state index contributed by atoms with van der Waals surface area (Å²) in [6.45, 7) is 4.83. The number of rotatable bonds is 4. The Hall–Kier alpha value is -0.870. The summed E-state index contributed by atoms with van der Waals surface area (Å²) < 4.78 is 11.4. The Kier molecular flexibility index (Phi) is 4.73. The number of fused-ring (bicyclic) bond motifs is 1. The normalized spacial score (nSPS) is 23.4. The molecule has 0 spiro atoms. The third kappa shape index (κ3) is 3.41. The summed E-state index contributed by atoms with van der Waals surface area (Å²) in [7, 11) is 0. The molecule has 0 aliphatic carbocycles. The third-order valence-electron chi connectivity index (χ3n) is 4.01. The Bertz CT molecular complexity index is 446. The van der Waals surface area contributed by atoms with Crippen molar-refractivity contribution >= 4 is 11.8 Å². The van der Waals surface area contributed by atoms with Gasteiger partial charge in [0.1, 0.15) is 0 Å². The molecule has 2 aliphatic rings. The minimum atomic E-state index is 0.359. The SMILES string of the molecule is CC(NCC1CCSC1)c1ccc2c(c1)OCCCO2. The van der Waals surface area contributed by atoms with Gasteiger partial charge in [0.05, 0.1) is 13.2 Å². The van der Waals surface area contributed by atoms with E-state index in [0.29, 0.717) is 6.04 Å². The van der Waals surface area contributed by atoms with Gasteiger partial charge in [-0.05, 0) is 55.0 Å². The van der Waals surface area contributed by atoms with Gasteiger partial charge in [-0.3, -0.25) is 0 Å². The van der Waals surface area contributed by atoms with Crippen LogP contribution in [-0.2, 0) is 0 Å². The van der Waals surface area contributed by atoms with E-state index in [2.05, 4.69) is 36.1 Å². The van der Waals surface area contributed by atoms with E-state index in [0.717, 1.165) is 43.6 Å². The number of thioether (sulfide) groups is 1. The molecule has 3 rings (SSSR count). The summed E-state index contributed by atoms with van der Waals surface area (Å²) in [5.74, 6) is 5.24. The molecule has 1 fully saturated rings. The molecular formula is C16H23NO2S. The Morgan fingerprint density at radius 2 is 2.15 bits per heavy atom. The minimum absolute atomic E-state index is 0.359. The summed E-state index contributed by atoms with van der Waals surface area (Å²) in [5, 5.41) is 3.65. The van der Waals surface area contributed by atoms with Crippen molar-refractivity contribution in [3.8, 4) is 11.5 Å². The molecule has 1 aromatic carbocycles. The van der Waals surface area contributed by atoms with Gasteiger partial charge in [0.2, 0.25) is 0 Å². The fraction of sp³-hybridized carbons (Fsp3) is 0.625. The predicted octanol–water partition coefficient (Wildman–Crippen LogP) is 3.25. The fourth-order valence-electron chi connectivity index (χ4n) is 2.65. The van der Waals surface area contributed by atoms with Crippen LogP contribution in [0.4, 0.5) is 0 Å². The molecule has 2 atom stereocenters. The van der Waals surface area contributed by atoms with E-state index < -0.39 is 0 Å². The van der Waals surface area contributed by atoms with E-state index in [1.165, 1.54) is 23.5 Å². The van der Waals surface area contributed by atoms with Crippen molar-refractivity contribution in [2.75, 3.05) is 31.3 Å². The third-order valence-corrected chi connectivity index (χ3v) is 5.24. The van der Waals surface area contributed by atoms with Crippen molar-refractivity contribution in [2.45, 2.75) is 25.8 Å². The zero-order chi connectivity index (χ0) is 13.8. The van der Waals surface area contributed by atoms with E-state index in [9.17, 15) is 0 Å². The van der Waals surface area contributed by atoms with Crippen LogP contribution < -0.4 is 14.8 Å². The van der Waals surface area contributed by atoms with Crippen molar-refractivity contribution in [1.82, 2.24) is 5.32 Å². The molecule has 0 aromatic heterocycles. The quantitative estimate of drug-likeness (QED) is 0.923. The molecule has 0 bridgehead atoms. The monoisotopic (exact) mass is 293 g/mol. The number of nitrogens with one attached hydrogen (secondary N) is 1. The van der Waals surface area contributed by atoms with Crippen LogP contribution in [0.15, 0.2) is 18.2 Å². The number of hydrogen-bond donors (Lipinski definition) is 1. The van der Waals surface area contributed by atoms with Crippen LogP contribution in [0.25, 0.3) is 0 Å². The average molecular weight is 293 g/mol. The first-order chi connectivity index (χ1) is 9.83. The summed E-state index contributed by atoms with van der Waals surface area (Å²) in [5.41, 5.74) is 1.28. The highest BCUT2D eigenvalue weighted by Crippen LogP contribution is 2.32. The second-order valence-electron chi connectivity index (χ2n) is 5.62. The smallest absolute Gasteiger partial charge is 0.161 e. The van der Waals surface area contributed by atoms with Crippen LogP contribution in [0, 0.1) is 5.92 Å². The van der Waals surface area contributed by atoms with E-state index in [-0.39, 0.29) is 0 Å². The molecule has 2 unspecified atom stereocenters. The molecule has 3 nitrogen and oxygen atoms in total. The first-order valence-corrected chi connectivity index (χ1v) is 8.69. The molecular weight excluding hydrogens is 270 g/mol. The highest BCUT2D eigenvalue weighted by molar-refractivity contribution is 7.99. The zero-order valence-electron chi connectivity index (χ0n) is 12.1. The van der Waals surface area contributed by atoms with Gasteiger partial charge in [-0.1, -0.05) is 6.07 Å². The molecule has 2 aliphatic heterocycles. The van der Waals surface area contributed by atoms with Gasteiger partial charge in [0.25, 0.3) is 0 Å². The van der Waals surface area contributed by atoms with Gasteiger partial charge in [-0.2, -0.15) is 11.8 Å². The molecule has 2 heterocycles. The molecule has 1 aromatic rings. The van der Waals surface area contributed by atoms with Crippen molar-refractivity contribution in [3.05, 3.63) is 23.8 Å². The molecule has 4 heteroatoms. The number of hydrogen-bond acceptors (Lipinski definition) is 4. The second kappa shape index (κ2) is 6.72. The Balaban J connectivity index is 1.62. The number of ether oxygens (including phenoxy) is 2. The van der Waals surface area contributed by atoms with E-state index in [1.807, 2.05) is 6.07 Å². The van der Waals surface area contributed by atoms with Gasteiger partial charge in [0.15, 0.2) is 11.5 Å². The van der Waals surface area contributed by atoms with Crippen molar-refractivity contribution in [1.29, 1.82) is 0 Å². The minimum Gasteiger partial charge on any atom is -0.490 e. The lowest BCUT2D eigenvalue weighted by Gasteiger charge is -2.18. The average Bonchev–Trinajstić information content (AvgIpc) is 2.88. The summed E-state index contributed by atoms with van der Waals surface area (Å²) in [6, 6.07) is 6.67. The van der Waals surface area contributed by atoms with Gasteiger partial charge < -0.3 is 14.8 Å². The maximum atomic E-state index is 5.76. The van der Waals surface area contributed by atoms with E-state index >= 15 is 0 Å². The highest BCUT2D eigenvalue weighted by atomic mass is 32.2. The van der Waals surface area contributed by atoms with Gasteiger partial charge in [-0.25, -0.2) is 0 Å². The van der Waals surface area contributed by atoms with Crippen LogP contribution in [0.3, 0.4) is 0 Å². The van der Waals surface area contributed by atoms with Crippen LogP contribution in [0.1, 0.15) is 31.4 Å². The van der Waals surface area contributed by atoms with Crippen LogP contribution in [0.5, 0.6) is 11.5 Å². The lowest BCUT2D eigenvalue weighted by Crippen LogP contribution is -2.25. The summed E-state index contributed by atoms with van der Waals surface area (Å²) in [4.78, 5) is 0. The maximum Gasteiger partial charge on any atom is 0.161 e. The lowest BCUT2D eigenvalue weighted by molar-refractivity contribution is 0.297. The van der Waals surface area contributed by atoms with Gasteiger partial charge in [0, 0.05) is 12.5 Å². The van der Waals surface area contributed by atoms with Crippen molar-refractivity contribution in [2.24, 2.45) is 5.92 Å². The summed E-state index contributed by atoms with van der Waals surface area (Å²) in [6.07, 6.45) is 2.31. The molecule has 1 N–H and O–H groups in total. The Labute approximate surface area is 125 Å². The molecule has 0 radical (unpaired) electrons. The standard InChI is InChI=1S/C16H23NO2S/c1-12(17-10-13-5-8-20-11-13)14-3-4-15-16(9-14)19-7-2-6-18-15/h3-4,9,12-13,17H,2,5-8,10-11H2,1H3. The van der Waals surface area contributed by atoms with Gasteiger partial charge >= 0.3 is 0 Å². The zero-order valence-corrected chi connectivity index (χ0v) is 12.9. The fourth-order valence-corrected chi connectivity index (χ4v) is 3.94. The summed E-state index contributed by atoms with van der Waals surface area (Å²) >= 11 is 2.07. The van der Waals surface area contributed by atoms with Crippen LogP contribution in [-0.4, -0.2) is 31.3 Å². The van der Waals surface area contributed by atoms with E-state index in [4.69, 9.17) is 9.47 Å². The predicted molar refractivity (Wildman–Crippen MR) is 83.9 cm³/mol.